The quantitative estimate of drug-likeness (QED) is 0.686. The summed E-state index contributed by atoms with van der Waals surface area (Å²) >= 11 is 3.31. The summed E-state index contributed by atoms with van der Waals surface area (Å²) in [6.07, 6.45) is 0. The molecule has 2 rings (SSSR count). The average molecular weight is 326 g/mol. The highest BCUT2D eigenvalue weighted by Crippen LogP contribution is 2.27. The lowest BCUT2D eigenvalue weighted by Crippen LogP contribution is -2.02. The zero-order chi connectivity index (χ0) is 14.0. The Kier molecular flexibility index (Phi) is 3.84. The number of anilines is 1. The largest absolute Gasteiger partial charge is 0.380 e. The van der Waals surface area contributed by atoms with Crippen molar-refractivity contribution in [2.45, 2.75) is 20.4 Å². The van der Waals surface area contributed by atoms with Gasteiger partial charge in [0.1, 0.15) is 5.76 Å². The molecule has 19 heavy (non-hydrogen) atoms. The average Bonchev–Trinajstić information content (AvgIpc) is 2.68. The van der Waals surface area contributed by atoms with E-state index in [2.05, 4.69) is 26.4 Å². The molecule has 7 heteroatoms. The monoisotopic (exact) mass is 325 g/mol. The van der Waals surface area contributed by atoms with Gasteiger partial charge in [0.15, 0.2) is 0 Å². The maximum Gasteiger partial charge on any atom is 0.270 e. The summed E-state index contributed by atoms with van der Waals surface area (Å²) < 4.78 is 5.72. The number of halogens is 1. The van der Waals surface area contributed by atoms with Gasteiger partial charge in [-0.1, -0.05) is 5.16 Å². The van der Waals surface area contributed by atoms with Crippen molar-refractivity contribution in [3.63, 3.8) is 0 Å². The van der Waals surface area contributed by atoms with Gasteiger partial charge < -0.3 is 9.84 Å². The van der Waals surface area contributed by atoms with Crippen LogP contribution in [0.3, 0.4) is 0 Å². The number of nitrogens with zero attached hydrogens (tertiary/aromatic N) is 2. The number of aryl methyl sites for hydroxylation is 2. The number of hydrogen-bond acceptors (Lipinski definition) is 5. The van der Waals surface area contributed by atoms with Gasteiger partial charge >= 0.3 is 0 Å². The molecule has 0 aliphatic carbocycles. The molecule has 0 fully saturated rings. The molecular weight excluding hydrogens is 314 g/mol. The van der Waals surface area contributed by atoms with E-state index in [1.807, 2.05) is 13.8 Å². The number of nitro benzene ring substituents is 1. The van der Waals surface area contributed by atoms with Crippen LogP contribution in [0.1, 0.15) is 17.0 Å². The summed E-state index contributed by atoms with van der Waals surface area (Å²) in [5, 5.41) is 17.7. The predicted molar refractivity (Wildman–Crippen MR) is 74.1 cm³/mol. The highest BCUT2D eigenvalue weighted by molar-refractivity contribution is 9.10. The first-order chi connectivity index (χ1) is 8.99. The Morgan fingerprint density at radius 3 is 2.74 bits per heavy atom. The third-order valence-corrected chi connectivity index (χ3v) is 3.46. The lowest BCUT2D eigenvalue weighted by Gasteiger charge is -2.08. The first kappa shape index (κ1) is 13.5. The van der Waals surface area contributed by atoms with Crippen molar-refractivity contribution in [2.75, 3.05) is 5.32 Å². The van der Waals surface area contributed by atoms with Crippen LogP contribution in [0, 0.1) is 24.0 Å². The van der Waals surface area contributed by atoms with E-state index in [0.717, 1.165) is 22.7 Å². The van der Waals surface area contributed by atoms with Crippen molar-refractivity contribution in [3.05, 3.63) is 49.8 Å². The molecule has 6 nitrogen and oxygen atoms in total. The molecule has 0 amide bonds. The van der Waals surface area contributed by atoms with Gasteiger partial charge in [-0.05, 0) is 35.8 Å². The summed E-state index contributed by atoms with van der Waals surface area (Å²) in [5.74, 6) is 0.767. The highest BCUT2D eigenvalue weighted by Gasteiger charge is 2.11. The van der Waals surface area contributed by atoms with Crippen molar-refractivity contribution >= 4 is 27.3 Å². The molecule has 0 saturated carbocycles. The van der Waals surface area contributed by atoms with Gasteiger partial charge in [0.05, 0.1) is 10.6 Å². The molecule has 0 atom stereocenters. The normalized spacial score (nSPS) is 10.5. The van der Waals surface area contributed by atoms with E-state index in [-0.39, 0.29) is 5.69 Å². The molecule has 0 spiro atoms. The summed E-state index contributed by atoms with van der Waals surface area (Å²) in [5.41, 5.74) is 2.66. The van der Waals surface area contributed by atoms with Crippen LogP contribution >= 0.6 is 15.9 Å². The number of nitro groups is 1. The minimum absolute atomic E-state index is 0.0507. The fraction of sp³-hybridized carbons (Fsp3) is 0.250. The zero-order valence-corrected chi connectivity index (χ0v) is 12.0. The van der Waals surface area contributed by atoms with Crippen molar-refractivity contribution < 1.29 is 9.45 Å². The van der Waals surface area contributed by atoms with Crippen LogP contribution in [0.4, 0.5) is 11.4 Å². The van der Waals surface area contributed by atoms with Gasteiger partial charge in [-0.3, -0.25) is 10.1 Å². The Labute approximate surface area is 118 Å². The van der Waals surface area contributed by atoms with Crippen LogP contribution in [0.2, 0.25) is 0 Å². The standard InChI is InChI=1S/C12H12BrN3O3/c1-7-10(8(2)19-15-7)6-14-12-4-3-9(16(17)18)5-11(12)13/h3-5,14H,6H2,1-2H3. The van der Waals surface area contributed by atoms with Gasteiger partial charge in [-0.15, -0.1) is 0 Å². The summed E-state index contributed by atoms with van der Waals surface area (Å²) in [6.45, 7) is 4.28. The number of hydrogen-bond donors (Lipinski definition) is 1. The molecule has 0 aliphatic heterocycles. The molecule has 0 bridgehead atoms. The highest BCUT2D eigenvalue weighted by atomic mass is 79.9. The second-order valence-electron chi connectivity index (χ2n) is 4.08. The van der Waals surface area contributed by atoms with Crippen LogP contribution in [-0.4, -0.2) is 10.1 Å². The Bertz CT molecular complexity index is 605. The van der Waals surface area contributed by atoms with Gasteiger partial charge in [-0.25, -0.2) is 0 Å². The number of nitrogens with one attached hydrogen (secondary N) is 1. The molecule has 1 heterocycles. The Morgan fingerprint density at radius 2 is 2.21 bits per heavy atom. The predicted octanol–water partition coefficient (Wildman–Crippen LogP) is 3.57. The topological polar surface area (TPSA) is 81.2 Å². The summed E-state index contributed by atoms with van der Waals surface area (Å²) in [4.78, 5) is 10.2. The number of non-ortho nitro benzene ring substituents is 1. The van der Waals surface area contributed by atoms with E-state index in [1.54, 1.807) is 6.07 Å². The van der Waals surface area contributed by atoms with E-state index in [9.17, 15) is 10.1 Å². The van der Waals surface area contributed by atoms with Crippen LogP contribution in [0.25, 0.3) is 0 Å². The maximum atomic E-state index is 10.6. The Balaban J connectivity index is 2.14. The fourth-order valence-corrected chi connectivity index (χ4v) is 2.21. The molecule has 0 radical (unpaired) electrons. The van der Waals surface area contributed by atoms with Gasteiger partial charge in [0, 0.05) is 34.4 Å². The van der Waals surface area contributed by atoms with Crippen molar-refractivity contribution in [3.8, 4) is 0 Å². The molecular formula is C12H12BrN3O3. The number of rotatable bonds is 4. The molecule has 0 saturated heterocycles. The van der Waals surface area contributed by atoms with E-state index < -0.39 is 4.92 Å². The molecule has 100 valence electrons. The summed E-state index contributed by atoms with van der Waals surface area (Å²) in [6, 6.07) is 4.59. The van der Waals surface area contributed by atoms with Gasteiger partial charge in [0.25, 0.3) is 5.69 Å². The van der Waals surface area contributed by atoms with Gasteiger partial charge in [0.2, 0.25) is 0 Å². The second kappa shape index (κ2) is 5.40. The Hall–Kier alpha value is -1.89. The van der Waals surface area contributed by atoms with E-state index in [0.29, 0.717) is 11.0 Å². The van der Waals surface area contributed by atoms with Crippen LogP contribution in [0.5, 0.6) is 0 Å². The molecule has 1 N–H and O–H groups in total. The number of aromatic nitrogens is 1. The van der Waals surface area contributed by atoms with Crippen LogP contribution in [0.15, 0.2) is 27.2 Å². The lowest BCUT2D eigenvalue weighted by molar-refractivity contribution is -0.384. The van der Waals surface area contributed by atoms with Gasteiger partial charge in [-0.2, -0.15) is 0 Å². The fourth-order valence-electron chi connectivity index (χ4n) is 1.70. The maximum absolute atomic E-state index is 10.6. The van der Waals surface area contributed by atoms with E-state index >= 15 is 0 Å². The Morgan fingerprint density at radius 1 is 1.47 bits per heavy atom. The molecule has 1 aromatic carbocycles. The smallest absolute Gasteiger partial charge is 0.270 e. The zero-order valence-electron chi connectivity index (χ0n) is 10.4. The van der Waals surface area contributed by atoms with Crippen molar-refractivity contribution in [2.24, 2.45) is 0 Å². The first-order valence-corrected chi connectivity index (χ1v) is 6.38. The van der Waals surface area contributed by atoms with Crippen LogP contribution in [-0.2, 0) is 6.54 Å². The third-order valence-electron chi connectivity index (χ3n) is 2.80. The van der Waals surface area contributed by atoms with E-state index in [4.69, 9.17) is 4.52 Å². The first-order valence-electron chi connectivity index (χ1n) is 5.58. The van der Waals surface area contributed by atoms with Crippen molar-refractivity contribution in [1.82, 2.24) is 5.16 Å². The number of benzene rings is 1. The minimum Gasteiger partial charge on any atom is -0.380 e. The SMILES string of the molecule is Cc1noc(C)c1CNc1ccc([N+](=O)[O-])cc1Br. The lowest BCUT2D eigenvalue weighted by atomic mass is 10.2. The summed E-state index contributed by atoms with van der Waals surface area (Å²) in [7, 11) is 0. The van der Waals surface area contributed by atoms with E-state index in [1.165, 1.54) is 12.1 Å². The minimum atomic E-state index is -0.428. The second-order valence-corrected chi connectivity index (χ2v) is 4.93. The molecule has 2 aromatic rings. The molecule has 0 unspecified atom stereocenters. The van der Waals surface area contributed by atoms with Crippen molar-refractivity contribution in [1.29, 1.82) is 0 Å². The third kappa shape index (κ3) is 2.93. The van der Waals surface area contributed by atoms with Crippen LogP contribution < -0.4 is 5.32 Å². The molecule has 1 aromatic heterocycles. The molecule has 0 aliphatic rings.